The third-order valence-corrected chi connectivity index (χ3v) is 2.65. The molecule has 2 aromatic rings. The standard InChI is InChI=1S/C10H10FN3O2S.C2H6/c1-2-16-10(15)8-4-13-9-7(11)3-6(17-12)5-14(8)9;1-2/h3-5H,2,12H2,1H3;1-2H3. The number of halogens is 1. The number of nitrogens with zero attached hydrogens (tertiary/aromatic N) is 2. The van der Waals surface area contributed by atoms with E-state index in [-0.39, 0.29) is 17.9 Å². The molecule has 0 radical (unpaired) electrons. The first-order valence-electron chi connectivity index (χ1n) is 5.87. The number of ether oxygens (including phenoxy) is 1. The average Bonchev–Trinajstić information content (AvgIpc) is 2.85. The van der Waals surface area contributed by atoms with E-state index in [4.69, 9.17) is 9.88 Å². The van der Waals surface area contributed by atoms with Gasteiger partial charge in [-0.2, -0.15) is 0 Å². The number of hydrogen-bond donors (Lipinski definition) is 1. The summed E-state index contributed by atoms with van der Waals surface area (Å²) >= 11 is 0.894. The number of carbonyl (C=O) groups is 1. The third-order valence-electron chi connectivity index (χ3n) is 2.16. The predicted octanol–water partition coefficient (Wildman–Crippen LogP) is 2.64. The fraction of sp³-hybridized carbons (Fsp3) is 0.333. The molecule has 5 nitrogen and oxygen atoms in total. The summed E-state index contributed by atoms with van der Waals surface area (Å²) < 4.78 is 19.8. The molecule has 2 aromatic heterocycles. The van der Waals surface area contributed by atoms with Crippen molar-refractivity contribution in [3.05, 3.63) is 30.0 Å². The van der Waals surface area contributed by atoms with Crippen molar-refractivity contribution < 1.29 is 13.9 Å². The molecule has 0 aliphatic heterocycles. The second-order valence-electron chi connectivity index (χ2n) is 3.20. The minimum absolute atomic E-state index is 0.0749. The van der Waals surface area contributed by atoms with Crippen LogP contribution in [0.25, 0.3) is 5.65 Å². The fourth-order valence-electron chi connectivity index (χ4n) is 1.44. The lowest BCUT2D eigenvalue weighted by atomic mass is 10.4. The molecule has 19 heavy (non-hydrogen) atoms. The van der Waals surface area contributed by atoms with E-state index < -0.39 is 11.8 Å². The molecule has 2 N–H and O–H groups in total. The van der Waals surface area contributed by atoms with Gasteiger partial charge in [-0.25, -0.2) is 14.2 Å². The molecule has 2 rings (SSSR count). The van der Waals surface area contributed by atoms with Gasteiger partial charge in [-0.15, -0.1) is 0 Å². The first-order chi connectivity index (χ1) is 9.17. The van der Waals surface area contributed by atoms with Gasteiger partial charge < -0.3 is 4.74 Å². The Morgan fingerprint density at radius 3 is 2.84 bits per heavy atom. The van der Waals surface area contributed by atoms with Crippen LogP contribution in [-0.4, -0.2) is 22.0 Å². The molecule has 0 aliphatic rings. The molecular formula is C12H16FN3O2S. The second-order valence-corrected chi connectivity index (χ2v) is 3.91. The van der Waals surface area contributed by atoms with E-state index in [1.165, 1.54) is 16.7 Å². The summed E-state index contributed by atoms with van der Waals surface area (Å²) in [6.07, 6.45) is 2.82. The average molecular weight is 285 g/mol. The molecule has 0 unspecified atom stereocenters. The largest absolute Gasteiger partial charge is 0.461 e. The highest BCUT2D eigenvalue weighted by Gasteiger charge is 2.16. The maximum absolute atomic E-state index is 13.6. The van der Waals surface area contributed by atoms with Crippen LogP contribution in [0.5, 0.6) is 0 Å². The van der Waals surface area contributed by atoms with Gasteiger partial charge in [0.15, 0.2) is 17.2 Å². The summed E-state index contributed by atoms with van der Waals surface area (Å²) in [5, 5.41) is 5.36. The zero-order valence-corrected chi connectivity index (χ0v) is 11.8. The van der Waals surface area contributed by atoms with Crippen molar-refractivity contribution in [3.8, 4) is 0 Å². The second kappa shape index (κ2) is 7.10. The molecule has 0 aromatic carbocycles. The number of nitrogens with two attached hydrogens (primary N) is 1. The molecule has 0 bridgehead atoms. The van der Waals surface area contributed by atoms with Gasteiger partial charge in [0.25, 0.3) is 0 Å². The Morgan fingerprint density at radius 2 is 2.26 bits per heavy atom. The minimum atomic E-state index is -0.543. The van der Waals surface area contributed by atoms with Gasteiger partial charge in [0.2, 0.25) is 0 Å². The molecule has 7 heteroatoms. The zero-order chi connectivity index (χ0) is 14.4. The quantitative estimate of drug-likeness (QED) is 0.693. The van der Waals surface area contributed by atoms with E-state index in [1.54, 1.807) is 13.1 Å². The minimum Gasteiger partial charge on any atom is -0.461 e. The van der Waals surface area contributed by atoms with Gasteiger partial charge >= 0.3 is 5.97 Å². The van der Waals surface area contributed by atoms with Gasteiger partial charge in [-0.1, -0.05) is 13.8 Å². The lowest BCUT2D eigenvalue weighted by molar-refractivity contribution is 0.0518. The van der Waals surface area contributed by atoms with E-state index in [9.17, 15) is 9.18 Å². The summed E-state index contributed by atoms with van der Waals surface area (Å²) in [6.45, 7) is 5.95. The predicted molar refractivity (Wildman–Crippen MR) is 72.5 cm³/mol. The fourth-order valence-corrected chi connectivity index (χ4v) is 1.78. The van der Waals surface area contributed by atoms with Crippen LogP contribution < -0.4 is 5.14 Å². The van der Waals surface area contributed by atoms with Crippen LogP contribution in [0.15, 0.2) is 23.4 Å². The van der Waals surface area contributed by atoms with Gasteiger partial charge in [-0.05, 0) is 24.9 Å². The van der Waals surface area contributed by atoms with Crippen LogP contribution in [-0.2, 0) is 4.74 Å². The normalized spacial score (nSPS) is 9.95. The maximum atomic E-state index is 13.6. The highest BCUT2D eigenvalue weighted by molar-refractivity contribution is 7.97. The Labute approximate surface area is 115 Å². The Balaban J connectivity index is 0.000000861. The number of pyridine rings is 1. The van der Waals surface area contributed by atoms with Gasteiger partial charge in [-0.3, -0.25) is 9.54 Å². The molecule has 2 heterocycles. The zero-order valence-electron chi connectivity index (χ0n) is 11.0. The summed E-state index contributed by atoms with van der Waals surface area (Å²) in [4.78, 5) is 15.9. The van der Waals surface area contributed by atoms with Crippen molar-refractivity contribution in [2.24, 2.45) is 5.14 Å². The molecule has 0 fully saturated rings. The van der Waals surface area contributed by atoms with Crippen LogP contribution in [0, 0.1) is 5.82 Å². The molecule has 0 spiro atoms. The van der Waals surface area contributed by atoms with E-state index in [2.05, 4.69) is 4.98 Å². The van der Waals surface area contributed by atoms with E-state index in [0.717, 1.165) is 11.9 Å². The van der Waals surface area contributed by atoms with Crippen molar-refractivity contribution in [1.29, 1.82) is 0 Å². The van der Waals surface area contributed by atoms with Crippen LogP contribution in [0.3, 0.4) is 0 Å². The molecule has 0 atom stereocenters. The van der Waals surface area contributed by atoms with Crippen LogP contribution in [0.1, 0.15) is 31.3 Å². The van der Waals surface area contributed by atoms with E-state index in [1.807, 2.05) is 13.8 Å². The van der Waals surface area contributed by atoms with Gasteiger partial charge in [0.05, 0.1) is 12.8 Å². The van der Waals surface area contributed by atoms with Crippen LogP contribution in [0.2, 0.25) is 0 Å². The summed E-state index contributed by atoms with van der Waals surface area (Å²) in [5.74, 6) is -1.07. The Bertz CT molecular complexity index is 571. The lowest BCUT2D eigenvalue weighted by Gasteiger charge is -2.03. The number of hydrogen-bond acceptors (Lipinski definition) is 5. The number of aromatic nitrogens is 2. The monoisotopic (exact) mass is 285 g/mol. The number of rotatable bonds is 3. The Hall–Kier alpha value is -1.60. The van der Waals surface area contributed by atoms with Crippen molar-refractivity contribution in [1.82, 2.24) is 9.38 Å². The molecule has 0 aliphatic carbocycles. The molecule has 0 amide bonds. The number of carbonyl (C=O) groups excluding carboxylic acids is 1. The first kappa shape index (κ1) is 15.5. The van der Waals surface area contributed by atoms with Crippen molar-refractivity contribution in [2.45, 2.75) is 25.7 Å². The third kappa shape index (κ3) is 3.24. The molecule has 0 saturated heterocycles. The summed E-state index contributed by atoms with van der Waals surface area (Å²) in [5.41, 5.74) is 0.252. The molecular weight excluding hydrogens is 269 g/mol. The highest BCUT2D eigenvalue weighted by Crippen LogP contribution is 2.18. The van der Waals surface area contributed by atoms with E-state index in [0.29, 0.717) is 4.90 Å². The molecule has 0 saturated carbocycles. The Morgan fingerprint density at radius 1 is 1.58 bits per heavy atom. The van der Waals surface area contributed by atoms with Crippen LogP contribution in [0.4, 0.5) is 4.39 Å². The Kier molecular flexibility index (Phi) is 5.78. The highest BCUT2D eigenvalue weighted by atomic mass is 32.2. The maximum Gasteiger partial charge on any atom is 0.356 e. The van der Waals surface area contributed by atoms with Gasteiger partial charge in [0.1, 0.15) is 0 Å². The smallest absolute Gasteiger partial charge is 0.356 e. The van der Waals surface area contributed by atoms with Crippen molar-refractivity contribution in [2.75, 3.05) is 6.61 Å². The number of esters is 1. The van der Waals surface area contributed by atoms with E-state index >= 15 is 0 Å². The number of fused-ring (bicyclic) bond motifs is 1. The summed E-state index contributed by atoms with van der Waals surface area (Å²) in [7, 11) is 0. The lowest BCUT2D eigenvalue weighted by Crippen LogP contribution is -2.08. The first-order valence-corrected chi connectivity index (χ1v) is 6.75. The number of imidazole rings is 1. The van der Waals surface area contributed by atoms with Crippen molar-refractivity contribution in [3.63, 3.8) is 0 Å². The van der Waals surface area contributed by atoms with Gasteiger partial charge in [0, 0.05) is 11.1 Å². The SMILES string of the molecule is CC.CCOC(=O)c1cnc2c(F)cc(SN)cn12. The van der Waals surface area contributed by atoms with Crippen LogP contribution >= 0.6 is 11.9 Å². The topological polar surface area (TPSA) is 69.6 Å². The summed E-state index contributed by atoms with van der Waals surface area (Å²) in [6, 6.07) is 1.27. The molecule has 104 valence electrons. The van der Waals surface area contributed by atoms with Crippen molar-refractivity contribution >= 4 is 23.6 Å².